The number of rotatable bonds is 0. The number of urea groups is 1. The molecule has 1 aliphatic heterocycles. The Morgan fingerprint density at radius 3 is 2.08 bits per heavy atom. The standard InChI is InChI=1S/C9H16N2O/c10-9(12)11-5-7-3-1-2-4-8(7)6-11/h7-8H,1-6H2,(H2,10,12). The molecule has 3 heteroatoms. The molecule has 1 aliphatic carbocycles. The van der Waals surface area contributed by atoms with Gasteiger partial charge in [0, 0.05) is 13.1 Å². The van der Waals surface area contributed by atoms with Crippen LogP contribution in [0.3, 0.4) is 0 Å². The second-order valence-corrected chi connectivity index (χ2v) is 4.05. The summed E-state index contributed by atoms with van der Waals surface area (Å²) in [6, 6.07) is -0.232. The average Bonchev–Trinajstić information content (AvgIpc) is 2.46. The van der Waals surface area contributed by atoms with E-state index >= 15 is 0 Å². The van der Waals surface area contributed by atoms with Crippen molar-refractivity contribution in [2.45, 2.75) is 25.7 Å². The van der Waals surface area contributed by atoms with Gasteiger partial charge in [-0.15, -0.1) is 0 Å². The molecule has 2 rings (SSSR count). The zero-order chi connectivity index (χ0) is 8.55. The van der Waals surface area contributed by atoms with E-state index in [0.29, 0.717) is 0 Å². The van der Waals surface area contributed by atoms with Crippen molar-refractivity contribution in [3.05, 3.63) is 0 Å². The molecule has 3 nitrogen and oxygen atoms in total. The lowest BCUT2D eigenvalue weighted by atomic mass is 9.82. The highest BCUT2D eigenvalue weighted by atomic mass is 16.2. The number of hydrogen-bond donors (Lipinski definition) is 1. The Labute approximate surface area is 72.9 Å². The van der Waals surface area contributed by atoms with E-state index in [9.17, 15) is 4.79 Å². The van der Waals surface area contributed by atoms with Crippen molar-refractivity contribution in [1.82, 2.24) is 4.90 Å². The van der Waals surface area contributed by atoms with E-state index in [4.69, 9.17) is 5.73 Å². The van der Waals surface area contributed by atoms with Gasteiger partial charge in [-0.1, -0.05) is 12.8 Å². The van der Waals surface area contributed by atoms with Crippen LogP contribution in [-0.4, -0.2) is 24.0 Å². The zero-order valence-corrected chi connectivity index (χ0v) is 7.33. The minimum absolute atomic E-state index is 0.232. The van der Waals surface area contributed by atoms with Gasteiger partial charge in [0.2, 0.25) is 0 Å². The van der Waals surface area contributed by atoms with Crippen LogP contribution in [0.5, 0.6) is 0 Å². The van der Waals surface area contributed by atoms with Crippen LogP contribution in [0.2, 0.25) is 0 Å². The summed E-state index contributed by atoms with van der Waals surface area (Å²) in [6.07, 6.45) is 5.28. The summed E-state index contributed by atoms with van der Waals surface area (Å²) in [5, 5.41) is 0. The number of carbonyl (C=O) groups excluding carboxylic acids is 1. The zero-order valence-electron chi connectivity index (χ0n) is 7.33. The molecule has 2 atom stereocenters. The monoisotopic (exact) mass is 168 g/mol. The van der Waals surface area contributed by atoms with Crippen molar-refractivity contribution in [2.75, 3.05) is 13.1 Å². The second kappa shape index (κ2) is 2.96. The lowest BCUT2D eigenvalue weighted by molar-refractivity contribution is 0.216. The van der Waals surface area contributed by atoms with Crippen molar-refractivity contribution in [2.24, 2.45) is 17.6 Å². The molecule has 0 aromatic heterocycles. The van der Waals surface area contributed by atoms with Crippen molar-refractivity contribution >= 4 is 6.03 Å². The lowest BCUT2D eigenvalue weighted by Gasteiger charge is -2.22. The van der Waals surface area contributed by atoms with Crippen molar-refractivity contribution < 1.29 is 4.79 Å². The molecule has 2 N–H and O–H groups in total. The highest BCUT2D eigenvalue weighted by Crippen LogP contribution is 2.35. The molecular weight excluding hydrogens is 152 g/mol. The number of amides is 2. The van der Waals surface area contributed by atoms with Gasteiger partial charge in [0.05, 0.1) is 0 Å². The number of nitrogens with zero attached hydrogens (tertiary/aromatic N) is 1. The molecule has 1 heterocycles. The fourth-order valence-corrected chi connectivity index (χ4v) is 2.59. The van der Waals surface area contributed by atoms with Gasteiger partial charge < -0.3 is 10.6 Å². The fraction of sp³-hybridized carbons (Fsp3) is 0.889. The molecule has 68 valence electrons. The first-order valence-electron chi connectivity index (χ1n) is 4.82. The molecule has 2 amide bonds. The third-order valence-electron chi connectivity index (χ3n) is 3.29. The van der Waals surface area contributed by atoms with E-state index in [-0.39, 0.29) is 6.03 Å². The summed E-state index contributed by atoms with van der Waals surface area (Å²) in [5.74, 6) is 1.51. The van der Waals surface area contributed by atoms with E-state index in [2.05, 4.69) is 0 Å². The fourth-order valence-electron chi connectivity index (χ4n) is 2.59. The second-order valence-electron chi connectivity index (χ2n) is 4.05. The van der Waals surface area contributed by atoms with Gasteiger partial charge in [0.25, 0.3) is 0 Å². The lowest BCUT2D eigenvalue weighted by Crippen LogP contribution is -2.33. The molecule has 2 fully saturated rings. The summed E-state index contributed by atoms with van der Waals surface area (Å²) >= 11 is 0. The molecule has 0 radical (unpaired) electrons. The maximum absolute atomic E-state index is 10.9. The predicted octanol–water partition coefficient (Wildman–Crippen LogP) is 1.19. The maximum atomic E-state index is 10.9. The first-order chi connectivity index (χ1) is 5.77. The van der Waals surface area contributed by atoms with Gasteiger partial charge in [-0.05, 0) is 24.7 Å². The van der Waals surface area contributed by atoms with E-state index in [1.54, 1.807) is 4.90 Å². The third-order valence-corrected chi connectivity index (χ3v) is 3.29. The summed E-state index contributed by atoms with van der Waals surface area (Å²) in [5.41, 5.74) is 5.24. The SMILES string of the molecule is NC(=O)N1CC2CCCCC2C1. The number of carbonyl (C=O) groups is 1. The highest BCUT2D eigenvalue weighted by molar-refractivity contribution is 5.72. The predicted molar refractivity (Wildman–Crippen MR) is 46.6 cm³/mol. The first kappa shape index (κ1) is 7.90. The van der Waals surface area contributed by atoms with Crippen LogP contribution >= 0.6 is 0 Å². The minimum atomic E-state index is -0.232. The first-order valence-corrected chi connectivity index (χ1v) is 4.82. The summed E-state index contributed by atoms with van der Waals surface area (Å²) in [4.78, 5) is 12.7. The molecule has 0 bridgehead atoms. The van der Waals surface area contributed by atoms with Gasteiger partial charge >= 0.3 is 6.03 Å². The Balaban J connectivity index is 1.98. The van der Waals surface area contributed by atoms with Crippen LogP contribution in [0.25, 0.3) is 0 Å². The molecule has 2 unspecified atom stereocenters. The normalized spacial score (nSPS) is 34.8. The van der Waals surface area contributed by atoms with Gasteiger partial charge in [-0.3, -0.25) is 0 Å². The summed E-state index contributed by atoms with van der Waals surface area (Å²) in [7, 11) is 0. The Kier molecular flexibility index (Phi) is 1.95. The molecule has 12 heavy (non-hydrogen) atoms. The Bertz CT molecular complexity index is 179. The molecule has 0 spiro atoms. The van der Waals surface area contributed by atoms with Crippen LogP contribution in [0.1, 0.15) is 25.7 Å². The van der Waals surface area contributed by atoms with E-state index in [1.807, 2.05) is 0 Å². The number of hydrogen-bond acceptors (Lipinski definition) is 1. The number of primary amides is 1. The summed E-state index contributed by atoms with van der Waals surface area (Å²) in [6.45, 7) is 1.83. The third kappa shape index (κ3) is 1.28. The topological polar surface area (TPSA) is 46.3 Å². The van der Waals surface area contributed by atoms with Crippen molar-refractivity contribution in [1.29, 1.82) is 0 Å². The molecule has 1 saturated heterocycles. The van der Waals surface area contributed by atoms with Crippen LogP contribution in [0.15, 0.2) is 0 Å². The van der Waals surface area contributed by atoms with Crippen molar-refractivity contribution in [3.63, 3.8) is 0 Å². The van der Waals surface area contributed by atoms with Crippen LogP contribution in [0.4, 0.5) is 4.79 Å². The average molecular weight is 168 g/mol. The Hall–Kier alpha value is -0.730. The van der Waals surface area contributed by atoms with Crippen LogP contribution in [-0.2, 0) is 0 Å². The largest absolute Gasteiger partial charge is 0.351 e. The molecule has 0 aromatic carbocycles. The Morgan fingerprint density at radius 1 is 1.17 bits per heavy atom. The maximum Gasteiger partial charge on any atom is 0.314 e. The van der Waals surface area contributed by atoms with E-state index < -0.39 is 0 Å². The van der Waals surface area contributed by atoms with Crippen LogP contribution < -0.4 is 5.73 Å². The van der Waals surface area contributed by atoms with Gasteiger partial charge in [0.15, 0.2) is 0 Å². The van der Waals surface area contributed by atoms with Gasteiger partial charge in [0.1, 0.15) is 0 Å². The molecule has 0 aromatic rings. The van der Waals surface area contributed by atoms with Gasteiger partial charge in [-0.2, -0.15) is 0 Å². The van der Waals surface area contributed by atoms with Crippen LogP contribution in [0, 0.1) is 11.8 Å². The molecular formula is C9H16N2O. The quantitative estimate of drug-likeness (QED) is 0.580. The van der Waals surface area contributed by atoms with E-state index in [1.165, 1.54) is 25.7 Å². The van der Waals surface area contributed by atoms with Gasteiger partial charge in [-0.25, -0.2) is 4.79 Å². The Morgan fingerprint density at radius 2 is 1.67 bits per heavy atom. The molecule has 2 aliphatic rings. The summed E-state index contributed by atoms with van der Waals surface area (Å²) < 4.78 is 0. The minimum Gasteiger partial charge on any atom is -0.351 e. The number of likely N-dealkylation sites (tertiary alicyclic amines) is 1. The number of nitrogens with two attached hydrogens (primary N) is 1. The smallest absolute Gasteiger partial charge is 0.314 e. The van der Waals surface area contributed by atoms with Crippen molar-refractivity contribution in [3.8, 4) is 0 Å². The molecule has 1 saturated carbocycles. The number of fused-ring (bicyclic) bond motifs is 1. The highest BCUT2D eigenvalue weighted by Gasteiger charge is 2.35. The van der Waals surface area contributed by atoms with E-state index in [0.717, 1.165) is 24.9 Å².